The van der Waals surface area contributed by atoms with Crippen molar-refractivity contribution in [3.63, 3.8) is 0 Å². The number of aromatic hydroxyl groups is 1. The number of phenols is 1. The summed E-state index contributed by atoms with van der Waals surface area (Å²) in [6.07, 6.45) is 0.314. The van der Waals surface area contributed by atoms with Crippen LogP contribution in [0.4, 0.5) is 11.4 Å². The number of anilines is 1. The van der Waals surface area contributed by atoms with Gasteiger partial charge in [0.2, 0.25) is 5.91 Å². The first-order valence-electron chi connectivity index (χ1n) is 5.01. The van der Waals surface area contributed by atoms with E-state index in [0.29, 0.717) is 13.0 Å². The van der Waals surface area contributed by atoms with Crippen molar-refractivity contribution in [3.8, 4) is 5.75 Å². The summed E-state index contributed by atoms with van der Waals surface area (Å²) in [7, 11) is 0. The lowest BCUT2D eigenvalue weighted by molar-refractivity contribution is -0.384. The van der Waals surface area contributed by atoms with Crippen molar-refractivity contribution >= 4 is 44.8 Å². The average Bonchev–Trinajstić information content (AvgIpc) is 2.60. The van der Waals surface area contributed by atoms with Crippen LogP contribution < -0.4 is 4.90 Å². The molecule has 0 bridgehead atoms. The number of hydrogen-bond donors (Lipinski definition) is 1. The number of alkyl halides is 1. The van der Waals surface area contributed by atoms with Crippen molar-refractivity contribution < 1.29 is 14.8 Å². The quantitative estimate of drug-likeness (QED) is 0.511. The molecule has 0 aliphatic carbocycles. The van der Waals surface area contributed by atoms with Crippen molar-refractivity contribution in [2.45, 2.75) is 11.2 Å². The SMILES string of the molecule is O=C1CC(Br)CN1c1cc(Cl)c([N+](=O)[O-])cc1O. The normalized spacial score (nSPS) is 19.3. The van der Waals surface area contributed by atoms with Crippen molar-refractivity contribution in [1.29, 1.82) is 0 Å². The zero-order chi connectivity index (χ0) is 13.4. The maximum atomic E-state index is 11.7. The van der Waals surface area contributed by atoms with Gasteiger partial charge in [-0.1, -0.05) is 27.5 Å². The van der Waals surface area contributed by atoms with E-state index >= 15 is 0 Å². The summed E-state index contributed by atoms with van der Waals surface area (Å²) in [4.78, 5) is 23.0. The molecule has 1 N–H and O–H groups in total. The second-order valence-electron chi connectivity index (χ2n) is 3.86. The lowest BCUT2D eigenvalue weighted by atomic mass is 10.2. The van der Waals surface area contributed by atoms with Crippen LogP contribution in [0.15, 0.2) is 12.1 Å². The van der Waals surface area contributed by atoms with Crippen LogP contribution in [-0.4, -0.2) is 27.3 Å². The minimum Gasteiger partial charge on any atom is -0.505 e. The van der Waals surface area contributed by atoms with E-state index < -0.39 is 4.92 Å². The number of rotatable bonds is 2. The smallest absolute Gasteiger partial charge is 0.291 e. The number of carbonyl (C=O) groups excluding carboxylic acids is 1. The van der Waals surface area contributed by atoms with Gasteiger partial charge in [-0.15, -0.1) is 0 Å². The highest BCUT2D eigenvalue weighted by molar-refractivity contribution is 9.09. The van der Waals surface area contributed by atoms with Gasteiger partial charge >= 0.3 is 0 Å². The molecular weight excluding hydrogens is 327 g/mol. The van der Waals surface area contributed by atoms with Crippen LogP contribution in [0.2, 0.25) is 5.02 Å². The van der Waals surface area contributed by atoms with E-state index in [1.807, 2.05) is 0 Å². The number of carbonyl (C=O) groups is 1. The fourth-order valence-electron chi connectivity index (χ4n) is 1.79. The highest BCUT2D eigenvalue weighted by Gasteiger charge is 2.31. The monoisotopic (exact) mass is 334 g/mol. The van der Waals surface area contributed by atoms with Crippen LogP contribution in [0.5, 0.6) is 5.75 Å². The highest BCUT2D eigenvalue weighted by Crippen LogP contribution is 2.39. The van der Waals surface area contributed by atoms with Crippen molar-refractivity contribution in [1.82, 2.24) is 0 Å². The molecule has 0 aromatic heterocycles. The van der Waals surface area contributed by atoms with E-state index in [9.17, 15) is 20.0 Å². The third kappa shape index (κ3) is 2.28. The summed E-state index contributed by atoms with van der Waals surface area (Å²) >= 11 is 9.07. The van der Waals surface area contributed by atoms with Crippen LogP contribution in [-0.2, 0) is 4.79 Å². The Morgan fingerprint density at radius 2 is 2.22 bits per heavy atom. The molecule has 0 spiro atoms. The molecule has 96 valence electrons. The molecule has 0 saturated carbocycles. The van der Waals surface area contributed by atoms with E-state index in [0.717, 1.165) is 6.07 Å². The molecule has 0 radical (unpaired) electrons. The fraction of sp³-hybridized carbons (Fsp3) is 0.300. The summed E-state index contributed by atoms with van der Waals surface area (Å²) in [6.45, 7) is 0.389. The molecule has 1 aliphatic rings. The Kier molecular flexibility index (Phi) is 3.45. The average molecular weight is 336 g/mol. The number of nitro benzene ring substituents is 1. The number of nitro groups is 1. The molecule has 2 rings (SSSR count). The molecule has 1 heterocycles. The number of hydrogen-bond acceptors (Lipinski definition) is 4. The number of halogens is 2. The van der Waals surface area contributed by atoms with Gasteiger partial charge in [-0.25, -0.2) is 0 Å². The summed E-state index contributed by atoms with van der Waals surface area (Å²) in [5, 5.41) is 20.3. The Balaban J connectivity index is 2.44. The number of amides is 1. The Morgan fingerprint density at radius 3 is 2.72 bits per heavy atom. The van der Waals surface area contributed by atoms with Crippen molar-refractivity contribution in [2.24, 2.45) is 0 Å². The minimum atomic E-state index is -0.690. The topological polar surface area (TPSA) is 83.7 Å². The third-order valence-electron chi connectivity index (χ3n) is 2.61. The van der Waals surface area contributed by atoms with Crippen LogP contribution in [0.25, 0.3) is 0 Å². The summed E-state index contributed by atoms with van der Waals surface area (Å²) in [5.74, 6) is -0.502. The molecule has 1 unspecified atom stereocenters. The predicted molar refractivity (Wildman–Crippen MR) is 69.5 cm³/mol. The zero-order valence-electron chi connectivity index (χ0n) is 8.97. The van der Waals surface area contributed by atoms with Gasteiger partial charge in [0, 0.05) is 17.8 Å². The predicted octanol–water partition coefficient (Wildman–Crippen LogP) is 2.45. The zero-order valence-corrected chi connectivity index (χ0v) is 11.3. The molecule has 1 aromatic rings. The van der Waals surface area contributed by atoms with Gasteiger partial charge in [-0.05, 0) is 6.07 Å². The molecule has 1 fully saturated rings. The summed E-state index contributed by atoms with van der Waals surface area (Å²) < 4.78 is 0. The van der Waals surface area contributed by atoms with E-state index in [1.54, 1.807) is 0 Å². The van der Waals surface area contributed by atoms with Crippen LogP contribution in [0, 0.1) is 10.1 Å². The largest absolute Gasteiger partial charge is 0.505 e. The first-order chi connectivity index (χ1) is 8.40. The molecule has 1 aliphatic heterocycles. The Hall–Kier alpha value is -1.34. The van der Waals surface area contributed by atoms with Gasteiger partial charge in [0.25, 0.3) is 5.69 Å². The van der Waals surface area contributed by atoms with E-state index in [1.165, 1.54) is 11.0 Å². The molecule has 1 saturated heterocycles. The second kappa shape index (κ2) is 4.74. The van der Waals surface area contributed by atoms with E-state index in [2.05, 4.69) is 15.9 Å². The maximum absolute atomic E-state index is 11.7. The number of benzene rings is 1. The number of phenolic OH excluding ortho intramolecular Hbond substituents is 1. The molecule has 1 amide bonds. The lowest BCUT2D eigenvalue weighted by Crippen LogP contribution is -2.24. The van der Waals surface area contributed by atoms with Gasteiger partial charge in [0.15, 0.2) is 0 Å². The number of nitrogens with zero attached hydrogens (tertiary/aromatic N) is 2. The molecule has 6 nitrogen and oxygen atoms in total. The highest BCUT2D eigenvalue weighted by atomic mass is 79.9. The van der Waals surface area contributed by atoms with E-state index in [-0.39, 0.29) is 32.9 Å². The van der Waals surface area contributed by atoms with Gasteiger partial charge in [-0.3, -0.25) is 14.9 Å². The standard InChI is InChI=1S/C10H8BrClN2O4/c11-5-1-10(16)13(4-5)8-2-6(12)7(14(17)18)3-9(8)15/h2-3,5,15H,1,4H2. The van der Waals surface area contributed by atoms with Gasteiger partial charge in [0.1, 0.15) is 10.8 Å². The Labute approximate surface area is 115 Å². The van der Waals surface area contributed by atoms with Crippen LogP contribution in [0.1, 0.15) is 6.42 Å². The van der Waals surface area contributed by atoms with E-state index in [4.69, 9.17) is 11.6 Å². The Bertz CT molecular complexity index is 537. The summed E-state index contributed by atoms with van der Waals surface area (Å²) in [5.41, 5.74) is -0.197. The molecule has 1 aromatic carbocycles. The second-order valence-corrected chi connectivity index (χ2v) is 5.56. The van der Waals surface area contributed by atoms with Crippen LogP contribution >= 0.6 is 27.5 Å². The van der Waals surface area contributed by atoms with Crippen molar-refractivity contribution in [2.75, 3.05) is 11.4 Å². The molecule has 18 heavy (non-hydrogen) atoms. The van der Waals surface area contributed by atoms with Crippen molar-refractivity contribution in [3.05, 3.63) is 27.3 Å². The fourth-order valence-corrected chi connectivity index (χ4v) is 2.59. The summed E-state index contributed by atoms with van der Waals surface area (Å²) in [6, 6.07) is 2.18. The van der Waals surface area contributed by atoms with Crippen LogP contribution in [0.3, 0.4) is 0 Å². The molecular formula is C10H8BrClN2O4. The maximum Gasteiger partial charge on any atom is 0.291 e. The molecule has 1 atom stereocenters. The van der Waals surface area contributed by atoms with Gasteiger partial charge < -0.3 is 10.0 Å². The molecule has 8 heteroatoms. The van der Waals surface area contributed by atoms with Gasteiger partial charge in [-0.2, -0.15) is 0 Å². The Morgan fingerprint density at radius 1 is 1.56 bits per heavy atom. The lowest BCUT2D eigenvalue weighted by Gasteiger charge is -2.17. The minimum absolute atomic E-state index is 0.00151. The van der Waals surface area contributed by atoms with Gasteiger partial charge in [0.05, 0.1) is 16.7 Å². The first-order valence-corrected chi connectivity index (χ1v) is 6.31. The first kappa shape index (κ1) is 13.1. The third-order valence-corrected chi connectivity index (χ3v) is 3.53.